The number of likely N-dealkylation sites (N-methyl/N-ethyl adjacent to an activating group) is 1. The number of benzene rings is 2. The summed E-state index contributed by atoms with van der Waals surface area (Å²) >= 11 is 0. The van der Waals surface area contributed by atoms with E-state index in [0.717, 1.165) is 35.4 Å². The quantitative estimate of drug-likeness (QED) is 0.457. The van der Waals surface area contributed by atoms with Crippen LogP contribution in [-0.4, -0.2) is 83.1 Å². The molecule has 0 spiro atoms. The Morgan fingerprint density at radius 1 is 1.09 bits per heavy atom. The largest absolute Gasteiger partial charge is 0.458 e. The molecule has 6 rings (SSSR count). The first kappa shape index (κ1) is 30.5. The fraction of sp³-hybridized carbons (Fsp3) is 0.400. The topological polar surface area (TPSA) is 88.7 Å². The Morgan fingerprint density at radius 2 is 1.91 bits per heavy atom. The zero-order valence-corrected chi connectivity index (χ0v) is 26.1. The lowest BCUT2D eigenvalue weighted by molar-refractivity contribution is -0.158. The predicted molar refractivity (Wildman–Crippen MR) is 173 cm³/mol. The number of anilines is 1. The Balaban J connectivity index is 1.30. The summed E-state index contributed by atoms with van der Waals surface area (Å²) in [6, 6.07) is 14.7. The van der Waals surface area contributed by atoms with Gasteiger partial charge >= 0.3 is 6.03 Å². The van der Waals surface area contributed by atoms with Gasteiger partial charge in [0.1, 0.15) is 18.0 Å². The fourth-order valence-corrected chi connectivity index (χ4v) is 6.88. The molecular formula is C35H42N6O4. The number of hydrazine groups is 1. The molecule has 1 aliphatic carbocycles. The van der Waals surface area contributed by atoms with Gasteiger partial charge in [-0.05, 0) is 42.4 Å². The van der Waals surface area contributed by atoms with Gasteiger partial charge in [0, 0.05) is 26.7 Å². The number of nitrogens with one attached hydrogen (secondary N) is 1. The monoisotopic (exact) mass is 610 g/mol. The molecule has 0 saturated carbocycles. The molecule has 2 aromatic carbocycles. The highest BCUT2D eigenvalue weighted by molar-refractivity contribution is 5.91. The molecule has 3 atom stereocenters. The smallest absolute Gasteiger partial charge is 0.332 e. The Hall–Kier alpha value is -4.57. The zero-order chi connectivity index (χ0) is 31.5. The van der Waals surface area contributed by atoms with E-state index in [1.54, 1.807) is 9.91 Å². The fourth-order valence-electron chi connectivity index (χ4n) is 6.88. The van der Waals surface area contributed by atoms with Crippen LogP contribution >= 0.6 is 0 Å². The lowest BCUT2D eigenvalue weighted by Gasteiger charge is -2.47. The minimum absolute atomic E-state index is 0.0425. The van der Waals surface area contributed by atoms with Gasteiger partial charge < -0.3 is 24.8 Å². The third-order valence-corrected chi connectivity index (χ3v) is 8.92. The Kier molecular flexibility index (Phi) is 8.93. The normalized spacial score (nSPS) is 22.8. The van der Waals surface area contributed by atoms with Gasteiger partial charge in [0.15, 0.2) is 5.75 Å². The number of piperazine rings is 1. The van der Waals surface area contributed by atoms with E-state index in [0.29, 0.717) is 38.4 Å². The molecule has 2 aromatic rings. The second-order valence-corrected chi connectivity index (χ2v) is 12.2. The van der Waals surface area contributed by atoms with Crippen molar-refractivity contribution in [2.24, 2.45) is 5.92 Å². The third-order valence-electron chi connectivity index (χ3n) is 8.92. The van der Waals surface area contributed by atoms with Gasteiger partial charge in [-0.25, -0.2) is 4.79 Å². The second-order valence-electron chi connectivity index (χ2n) is 12.2. The highest BCUT2D eigenvalue weighted by Crippen LogP contribution is 2.39. The number of hydrogen-bond acceptors (Lipinski definition) is 6. The van der Waals surface area contributed by atoms with Gasteiger partial charge in [-0.1, -0.05) is 80.3 Å². The van der Waals surface area contributed by atoms with Gasteiger partial charge in [0.25, 0.3) is 0 Å². The van der Waals surface area contributed by atoms with Crippen molar-refractivity contribution in [1.29, 1.82) is 0 Å². The van der Waals surface area contributed by atoms with Gasteiger partial charge in [0.2, 0.25) is 11.8 Å². The maximum atomic E-state index is 14.3. The molecule has 10 heteroatoms. The Bertz CT molecular complexity index is 1510. The number of hydrogen-bond donors (Lipinski definition) is 1. The molecule has 0 bridgehead atoms. The lowest BCUT2D eigenvalue weighted by atomic mass is 9.90. The minimum atomic E-state index is -0.633. The van der Waals surface area contributed by atoms with E-state index in [1.807, 2.05) is 84.6 Å². The van der Waals surface area contributed by atoms with E-state index in [2.05, 4.69) is 28.9 Å². The van der Waals surface area contributed by atoms with Gasteiger partial charge in [-0.3, -0.25) is 14.6 Å². The molecule has 3 heterocycles. The molecule has 1 unspecified atom stereocenters. The predicted octanol–water partition coefficient (Wildman–Crippen LogP) is 4.27. The molecule has 2 saturated heterocycles. The van der Waals surface area contributed by atoms with Crippen molar-refractivity contribution in [2.75, 3.05) is 38.1 Å². The molecule has 4 aliphatic rings. The summed E-state index contributed by atoms with van der Waals surface area (Å²) in [5.74, 6) is 1.33. The van der Waals surface area contributed by atoms with E-state index in [9.17, 15) is 14.4 Å². The molecule has 45 heavy (non-hydrogen) atoms. The summed E-state index contributed by atoms with van der Waals surface area (Å²) in [5, 5.41) is 6.58. The highest BCUT2D eigenvalue weighted by atomic mass is 16.5. The summed E-state index contributed by atoms with van der Waals surface area (Å²) < 4.78 is 5.95. The first-order valence-electron chi connectivity index (χ1n) is 15.8. The van der Waals surface area contributed by atoms with Crippen LogP contribution in [-0.2, 0) is 22.7 Å². The van der Waals surface area contributed by atoms with Gasteiger partial charge in [-0.15, -0.1) is 0 Å². The van der Waals surface area contributed by atoms with Crippen LogP contribution in [0.2, 0.25) is 0 Å². The zero-order valence-electron chi connectivity index (χ0n) is 26.1. The van der Waals surface area contributed by atoms with E-state index in [1.165, 1.54) is 0 Å². The number of rotatable bonds is 9. The molecule has 2 fully saturated rings. The molecule has 1 N–H and O–H groups in total. The number of nitrogens with zero attached hydrogens (tertiary/aromatic N) is 5. The number of allylic oxidation sites excluding steroid dienone is 4. The number of ether oxygens (including phenoxy) is 1. The Morgan fingerprint density at radius 3 is 2.67 bits per heavy atom. The van der Waals surface area contributed by atoms with Crippen LogP contribution in [0.25, 0.3) is 0 Å². The standard InChI is InChI=1S/C35H42N6O4/c1-4-18-39(35(44)36-20-27-14-9-6-10-15-27)40-24-32(42)41-29(19-26-12-7-5-8-13-26)34(43)38(23-31(40)41)22-28-16-11-17-30-33(28)37(3)21-25(2)45-30/h5-12,14-17,26,29,31H,2,4,13,18-24H2,1,3H3,(H,36,44)/t26?,29-,31+/m0/s1. The molecule has 0 aromatic heterocycles. The maximum Gasteiger partial charge on any atom is 0.332 e. The van der Waals surface area contributed by atoms with Crippen molar-refractivity contribution >= 4 is 23.5 Å². The van der Waals surface area contributed by atoms with Crippen LogP contribution in [0.5, 0.6) is 5.75 Å². The number of fused-ring (bicyclic) bond motifs is 2. The number of amides is 4. The number of carbonyl (C=O) groups excluding carboxylic acids is 3. The van der Waals surface area contributed by atoms with Crippen molar-refractivity contribution in [3.8, 4) is 5.75 Å². The van der Waals surface area contributed by atoms with Crippen molar-refractivity contribution in [3.63, 3.8) is 0 Å². The van der Waals surface area contributed by atoms with Crippen molar-refractivity contribution in [3.05, 3.63) is 96.3 Å². The molecule has 10 nitrogen and oxygen atoms in total. The van der Waals surface area contributed by atoms with Gasteiger partial charge in [0.05, 0.1) is 25.3 Å². The number of urea groups is 1. The average Bonchev–Trinajstić information content (AvgIpc) is 3.36. The first-order valence-corrected chi connectivity index (χ1v) is 15.8. The summed E-state index contributed by atoms with van der Waals surface area (Å²) in [5.41, 5.74) is 2.89. The summed E-state index contributed by atoms with van der Waals surface area (Å²) in [6.07, 6.45) is 9.83. The Labute approximate surface area is 265 Å². The van der Waals surface area contributed by atoms with Crippen LogP contribution in [0.1, 0.15) is 37.3 Å². The average molecular weight is 611 g/mol. The third kappa shape index (κ3) is 6.33. The second kappa shape index (κ2) is 13.2. The van der Waals surface area contributed by atoms with E-state index < -0.39 is 12.2 Å². The molecule has 0 radical (unpaired) electrons. The SMILES string of the molecule is C=C1CN(C)c2c(CN3C[C@H]4N(C(=O)CN4N(CCC)C(=O)NCc4ccccc4)[C@@H](CC4C=CC=CC4)C3=O)cccc2O1. The summed E-state index contributed by atoms with van der Waals surface area (Å²) in [7, 11) is 2.00. The van der Waals surface area contributed by atoms with Crippen LogP contribution in [0, 0.1) is 5.92 Å². The first-order chi connectivity index (χ1) is 21.8. The number of para-hydroxylation sites is 1. The minimum Gasteiger partial charge on any atom is -0.458 e. The van der Waals surface area contributed by atoms with E-state index in [-0.39, 0.29) is 36.9 Å². The van der Waals surface area contributed by atoms with E-state index in [4.69, 9.17) is 4.74 Å². The van der Waals surface area contributed by atoms with Gasteiger partial charge in [-0.2, -0.15) is 5.01 Å². The molecule has 3 aliphatic heterocycles. The van der Waals surface area contributed by atoms with Crippen LogP contribution < -0.4 is 15.0 Å². The van der Waals surface area contributed by atoms with E-state index >= 15 is 0 Å². The van der Waals surface area contributed by atoms with Crippen molar-refractivity contribution in [2.45, 2.75) is 51.5 Å². The highest BCUT2D eigenvalue weighted by Gasteiger charge is 2.52. The molecular weight excluding hydrogens is 568 g/mol. The van der Waals surface area contributed by atoms with Crippen molar-refractivity contribution in [1.82, 2.24) is 25.1 Å². The maximum absolute atomic E-state index is 14.3. The number of carbonyl (C=O) groups is 3. The van der Waals surface area contributed by atoms with Crippen LogP contribution in [0.4, 0.5) is 10.5 Å². The van der Waals surface area contributed by atoms with Crippen LogP contribution in [0.3, 0.4) is 0 Å². The summed E-state index contributed by atoms with van der Waals surface area (Å²) in [4.78, 5) is 47.4. The lowest BCUT2D eigenvalue weighted by Crippen LogP contribution is -2.65. The molecule has 4 amide bonds. The van der Waals surface area contributed by atoms with Crippen LogP contribution in [0.15, 0.2) is 85.2 Å². The summed E-state index contributed by atoms with van der Waals surface area (Å²) in [6.45, 7) is 8.09. The van der Waals surface area contributed by atoms with Crippen molar-refractivity contribution < 1.29 is 19.1 Å². The molecule has 236 valence electrons.